The van der Waals surface area contributed by atoms with E-state index in [-0.39, 0.29) is 12.4 Å². The lowest BCUT2D eigenvalue weighted by Gasteiger charge is -2.45. The first-order valence-electron chi connectivity index (χ1n) is 8.15. The van der Waals surface area contributed by atoms with Crippen LogP contribution in [0.15, 0.2) is 24.3 Å². The van der Waals surface area contributed by atoms with Gasteiger partial charge >= 0.3 is 0 Å². The molecule has 0 unspecified atom stereocenters. The molecule has 0 amide bonds. The zero-order valence-corrected chi connectivity index (χ0v) is 13.6. The number of hydrogen-bond donors (Lipinski definition) is 0. The highest BCUT2D eigenvalue weighted by atomic mass is 35.5. The van der Waals surface area contributed by atoms with Gasteiger partial charge in [0.25, 0.3) is 0 Å². The molecule has 1 spiro atoms. The highest BCUT2D eigenvalue weighted by molar-refractivity contribution is 5.85. The van der Waals surface area contributed by atoms with Crippen molar-refractivity contribution in [2.75, 3.05) is 19.6 Å². The van der Waals surface area contributed by atoms with E-state index in [9.17, 15) is 0 Å². The van der Waals surface area contributed by atoms with Gasteiger partial charge in [-0.1, -0.05) is 37.6 Å². The van der Waals surface area contributed by atoms with Crippen LogP contribution in [0.3, 0.4) is 0 Å². The molecule has 1 heterocycles. The second kappa shape index (κ2) is 6.95. The largest absolute Gasteiger partial charge is 0.303 e. The zero-order valence-electron chi connectivity index (χ0n) is 12.7. The van der Waals surface area contributed by atoms with Gasteiger partial charge in [0.1, 0.15) is 0 Å². The third-order valence-electron chi connectivity index (χ3n) is 5.33. The summed E-state index contributed by atoms with van der Waals surface area (Å²) in [5.74, 6) is 0. The maximum Gasteiger partial charge on any atom is -0.00102 e. The van der Waals surface area contributed by atoms with E-state index in [1.54, 1.807) is 11.1 Å². The smallest absolute Gasteiger partial charge is 0.00102 e. The van der Waals surface area contributed by atoms with Crippen LogP contribution in [0.1, 0.15) is 56.6 Å². The fourth-order valence-corrected chi connectivity index (χ4v) is 4.11. The van der Waals surface area contributed by atoms with Crippen LogP contribution in [-0.2, 0) is 11.8 Å². The molecule has 1 aromatic carbocycles. The van der Waals surface area contributed by atoms with Gasteiger partial charge in [-0.05, 0) is 74.7 Å². The minimum atomic E-state index is 0. The highest BCUT2D eigenvalue weighted by Gasteiger charge is 2.38. The first-order valence-corrected chi connectivity index (χ1v) is 8.15. The van der Waals surface area contributed by atoms with Crippen LogP contribution in [0, 0.1) is 0 Å². The van der Waals surface area contributed by atoms with Crippen LogP contribution in [0.2, 0.25) is 0 Å². The summed E-state index contributed by atoms with van der Waals surface area (Å²) in [6.07, 6.45) is 9.57. The molecule has 1 aliphatic carbocycles. The molecule has 1 fully saturated rings. The Labute approximate surface area is 130 Å². The Kier molecular flexibility index (Phi) is 5.51. The minimum absolute atomic E-state index is 0. The van der Waals surface area contributed by atoms with E-state index in [0.717, 1.165) is 0 Å². The zero-order chi connectivity index (χ0) is 13.1. The number of hydrogen-bond acceptors (Lipinski definition) is 1. The maximum absolute atomic E-state index is 2.69. The van der Waals surface area contributed by atoms with Crippen molar-refractivity contribution in [2.24, 2.45) is 0 Å². The number of unbranched alkanes of at least 4 members (excludes halogenated alkanes) is 1. The number of benzene rings is 1. The van der Waals surface area contributed by atoms with Crippen molar-refractivity contribution in [1.82, 2.24) is 4.90 Å². The lowest BCUT2D eigenvalue weighted by Crippen LogP contribution is -2.44. The summed E-state index contributed by atoms with van der Waals surface area (Å²) in [6.45, 7) is 6.24. The van der Waals surface area contributed by atoms with E-state index in [2.05, 4.69) is 36.1 Å². The number of aryl methyl sites for hydroxylation is 1. The summed E-state index contributed by atoms with van der Waals surface area (Å²) in [7, 11) is 0. The molecule has 0 bridgehead atoms. The quantitative estimate of drug-likeness (QED) is 0.788. The van der Waals surface area contributed by atoms with Crippen LogP contribution in [0.4, 0.5) is 0 Å². The molecule has 2 heteroatoms. The molecule has 0 N–H and O–H groups in total. The van der Waals surface area contributed by atoms with Gasteiger partial charge in [-0.3, -0.25) is 0 Å². The summed E-state index contributed by atoms with van der Waals surface area (Å²) < 4.78 is 0. The predicted octanol–water partition coefficient (Wildman–Crippen LogP) is 4.58. The number of halogens is 1. The molecule has 112 valence electrons. The Morgan fingerprint density at radius 3 is 2.60 bits per heavy atom. The van der Waals surface area contributed by atoms with E-state index in [4.69, 9.17) is 0 Å². The average Bonchev–Trinajstić information content (AvgIpc) is 2.47. The van der Waals surface area contributed by atoms with Gasteiger partial charge in [-0.15, -0.1) is 12.4 Å². The van der Waals surface area contributed by atoms with E-state index < -0.39 is 0 Å². The Morgan fingerprint density at radius 1 is 1.10 bits per heavy atom. The van der Waals surface area contributed by atoms with Crippen molar-refractivity contribution < 1.29 is 0 Å². The van der Waals surface area contributed by atoms with Gasteiger partial charge in [0.15, 0.2) is 0 Å². The van der Waals surface area contributed by atoms with Crippen LogP contribution < -0.4 is 0 Å². The lowest BCUT2D eigenvalue weighted by atomic mass is 9.65. The van der Waals surface area contributed by atoms with E-state index in [0.29, 0.717) is 5.41 Å². The van der Waals surface area contributed by atoms with E-state index >= 15 is 0 Å². The molecule has 0 saturated carbocycles. The first-order chi connectivity index (χ1) is 9.34. The molecular formula is C18H28ClN. The van der Waals surface area contributed by atoms with Crippen LogP contribution in [-0.4, -0.2) is 24.5 Å². The second-order valence-corrected chi connectivity index (χ2v) is 6.49. The maximum atomic E-state index is 2.69. The molecule has 0 aromatic heterocycles. The SMILES string of the molecule is CCCCN1CCC2(CCCc3ccccc32)CC1.Cl. The Bertz CT molecular complexity index is 421. The molecule has 1 saturated heterocycles. The van der Waals surface area contributed by atoms with Crippen molar-refractivity contribution >= 4 is 12.4 Å². The normalized spacial score (nSPS) is 21.2. The van der Waals surface area contributed by atoms with Crippen LogP contribution in [0.25, 0.3) is 0 Å². The van der Waals surface area contributed by atoms with Gasteiger partial charge in [0.05, 0.1) is 0 Å². The van der Waals surface area contributed by atoms with Gasteiger partial charge in [-0.2, -0.15) is 0 Å². The van der Waals surface area contributed by atoms with Crippen molar-refractivity contribution in [1.29, 1.82) is 0 Å². The summed E-state index contributed by atoms with van der Waals surface area (Å²) in [5, 5.41) is 0. The average molecular weight is 294 g/mol. The molecule has 2 aliphatic rings. The Hall–Kier alpha value is -0.530. The standard InChI is InChI=1S/C18H27N.ClH/c1-2-3-13-19-14-11-18(12-15-19)10-6-8-16-7-4-5-9-17(16)18;/h4-5,7,9H,2-3,6,8,10-15H2,1H3;1H. The Balaban J connectivity index is 0.00000147. The molecule has 20 heavy (non-hydrogen) atoms. The fourth-order valence-electron chi connectivity index (χ4n) is 4.11. The van der Waals surface area contributed by atoms with Gasteiger partial charge < -0.3 is 4.90 Å². The monoisotopic (exact) mass is 293 g/mol. The third-order valence-corrected chi connectivity index (χ3v) is 5.33. The topological polar surface area (TPSA) is 3.24 Å². The van der Waals surface area contributed by atoms with Crippen molar-refractivity contribution in [2.45, 2.75) is 57.3 Å². The van der Waals surface area contributed by atoms with Crippen molar-refractivity contribution in [3.63, 3.8) is 0 Å². The Morgan fingerprint density at radius 2 is 1.85 bits per heavy atom. The van der Waals surface area contributed by atoms with Gasteiger partial charge in [0, 0.05) is 0 Å². The predicted molar refractivity (Wildman–Crippen MR) is 88.9 cm³/mol. The second-order valence-electron chi connectivity index (χ2n) is 6.49. The molecule has 0 atom stereocenters. The fraction of sp³-hybridized carbons (Fsp3) is 0.667. The summed E-state index contributed by atoms with van der Waals surface area (Å²) in [4.78, 5) is 2.69. The number of rotatable bonds is 3. The third kappa shape index (κ3) is 3.04. The van der Waals surface area contributed by atoms with Crippen LogP contribution >= 0.6 is 12.4 Å². The summed E-state index contributed by atoms with van der Waals surface area (Å²) >= 11 is 0. The summed E-state index contributed by atoms with van der Waals surface area (Å²) in [5.41, 5.74) is 3.85. The molecule has 1 aromatic rings. The van der Waals surface area contributed by atoms with Gasteiger partial charge in [-0.25, -0.2) is 0 Å². The number of fused-ring (bicyclic) bond motifs is 2. The minimum Gasteiger partial charge on any atom is -0.303 e. The lowest BCUT2D eigenvalue weighted by molar-refractivity contribution is 0.143. The number of piperidine rings is 1. The van der Waals surface area contributed by atoms with Gasteiger partial charge in [0.2, 0.25) is 0 Å². The summed E-state index contributed by atoms with van der Waals surface area (Å²) in [6, 6.07) is 9.24. The molecule has 3 rings (SSSR count). The van der Waals surface area contributed by atoms with Crippen molar-refractivity contribution in [3.05, 3.63) is 35.4 Å². The molecule has 1 aliphatic heterocycles. The van der Waals surface area contributed by atoms with Crippen LogP contribution in [0.5, 0.6) is 0 Å². The molecular weight excluding hydrogens is 266 g/mol. The number of nitrogens with zero attached hydrogens (tertiary/aromatic N) is 1. The molecule has 0 radical (unpaired) electrons. The first kappa shape index (κ1) is 15.9. The molecule has 1 nitrogen and oxygen atoms in total. The van der Waals surface area contributed by atoms with Crippen molar-refractivity contribution in [3.8, 4) is 0 Å². The van der Waals surface area contributed by atoms with E-state index in [1.807, 2.05) is 0 Å². The van der Waals surface area contributed by atoms with E-state index in [1.165, 1.54) is 64.6 Å². The number of likely N-dealkylation sites (tertiary alicyclic amines) is 1. The highest BCUT2D eigenvalue weighted by Crippen LogP contribution is 2.44.